The number of hydrogen-bond acceptors (Lipinski definition) is 2. The Morgan fingerprint density at radius 3 is 2.44 bits per heavy atom. The molecule has 1 rings (SSSR count). The van der Waals surface area contributed by atoms with Crippen molar-refractivity contribution in [3.63, 3.8) is 0 Å². The fraction of sp³-hybridized carbons (Fsp3) is 0.500. The summed E-state index contributed by atoms with van der Waals surface area (Å²) in [6.45, 7) is 2.02. The van der Waals surface area contributed by atoms with E-state index in [1.165, 1.54) is 25.3 Å². The maximum atomic E-state index is 10.5. The van der Waals surface area contributed by atoms with Gasteiger partial charge in [-0.2, -0.15) is 0 Å². The molecule has 0 N–H and O–H groups in total. The van der Waals surface area contributed by atoms with Crippen molar-refractivity contribution >= 4 is 5.97 Å². The molecule has 2 heteroatoms. The molecule has 0 aliphatic rings. The predicted molar refractivity (Wildman–Crippen MR) is 65.2 cm³/mol. The summed E-state index contributed by atoms with van der Waals surface area (Å²) in [7, 11) is 0. The highest BCUT2D eigenvalue weighted by atomic mass is 16.5. The summed E-state index contributed by atoms with van der Waals surface area (Å²) in [5, 5.41) is 0. The van der Waals surface area contributed by atoms with E-state index in [1.54, 1.807) is 0 Å². The first kappa shape index (κ1) is 12.8. The van der Waals surface area contributed by atoms with Gasteiger partial charge in [-0.3, -0.25) is 4.79 Å². The van der Waals surface area contributed by atoms with Gasteiger partial charge in [-0.05, 0) is 24.8 Å². The molecule has 0 atom stereocenters. The number of benzene rings is 1. The van der Waals surface area contributed by atoms with Gasteiger partial charge in [0.2, 0.25) is 0 Å². The molecule has 0 amide bonds. The third-order valence-corrected chi connectivity index (χ3v) is 2.51. The fourth-order valence-electron chi connectivity index (χ4n) is 1.65. The standard InChI is InChI=1S/C14H20O2/c1-13(15)16-12-8-3-2-5-9-14-10-6-4-7-11-14/h4,6-7,10-11H,2-3,5,8-9,12H2,1H3. The summed E-state index contributed by atoms with van der Waals surface area (Å²) in [5.41, 5.74) is 1.41. The summed E-state index contributed by atoms with van der Waals surface area (Å²) >= 11 is 0. The first-order chi connectivity index (χ1) is 7.79. The lowest BCUT2D eigenvalue weighted by Crippen LogP contribution is -2.00. The Morgan fingerprint density at radius 1 is 1.06 bits per heavy atom. The van der Waals surface area contributed by atoms with E-state index in [4.69, 9.17) is 4.74 Å². The molecular weight excluding hydrogens is 200 g/mol. The molecular formula is C14H20O2. The maximum absolute atomic E-state index is 10.5. The van der Waals surface area contributed by atoms with Crippen LogP contribution in [-0.2, 0) is 16.0 Å². The summed E-state index contributed by atoms with van der Waals surface area (Å²) in [5.74, 6) is -0.177. The highest BCUT2D eigenvalue weighted by Gasteiger charge is 1.95. The molecule has 88 valence electrons. The zero-order chi connectivity index (χ0) is 11.6. The van der Waals surface area contributed by atoms with Crippen LogP contribution in [0.4, 0.5) is 0 Å². The normalized spacial score (nSPS) is 10.1. The van der Waals surface area contributed by atoms with Crippen molar-refractivity contribution in [2.24, 2.45) is 0 Å². The number of unbranched alkanes of at least 4 members (excludes halogenated alkanes) is 3. The number of carbonyl (C=O) groups excluding carboxylic acids is 1. The highest BCUT2D eigenvalue weighted by Crippen LogP contribution is 2.07. The topological polar surface area (TPSA) is 26.3 Å². The van der Waals surface area contributed by atoms with Crippen LogP contribution in [0.15, 0.2) is 30.3 Å². The predicted octanol–water partition coefficient (Wildman–Crippen LogP) is 3.35. The van der Waals surface area contributed by atoms with Crippen LogP contribution >= 0.6 is 0 Å². The molecule has 0 bridgehead atoms. The van der Waals surface area contributed by atoms with Crippen molar-refractivity contribution in [1.29, 1.82) is 0 Å². The van der Waals surface area contributed by atoms with E-state index in [2.05, 4.69) is 24.3 Å². The van der Waals surface area contributed by atoms with Gasteiger partial charge in [0.25, 0.3) is 0 Å². The second kappa shape index (κ2) is 7.91. The molecule has 0 aromatic heterocycles. The van der Waals surface area contributed by atoms with Crippen LogP contribution in [0.5, 0.6) is 0 Å². The monoisotopic (exact) mass is 220 g/mol. The molecule has 0 unspecified atom stereocenters. The Hall–Kier alpha value is -1.31. The van der Waals surface area contributed by atoms with Crippen molar-refractivity contribution in [3.8, 4) is 0 Å². The summed E-state index contributed by atoms with van der Waals surface area (Å²) in [6.07, 6.45) is 5.68. The van der Waals surface area contributed by atoms with Gasteiger partial charge in [-0.25, -0.2) is 0 Å². The molecule has 1 aromatic rings. The van der Waals surface area contributed by atoms with Gasteiger partial charge in [0, 0.05) is 6.92 Å². The molecule has 0 fully saturated rings. The minimum Gasteiger partial charge on any atom is -0.466 e. The molecule has 0 spiro atoms. The molecule has 0 saturated carbocycles. The van der Waals surface area contributed by atoms with Crippen LogP contribution in [0.25, 0.3) is 0 Å². The van der Waals surface area contributed by atoms with E-state index in [0.29, 0.717) is 6.61 Å². The molecule has 0 saturated heterocycles. The number of ether oxygens (including phenoxy) is 1. The van der Waals surface area contributed by atoms with E-state index < -0.39 is 0 Å². The highest BCUT2D eigenvalue weighted by molar-refractivity contribution is 5.65. The van der Waals surface area contributed by atoms with Crippen molar-refractivity contribution in [1.82, 2.24) is 0 Å². The second-order valence-corrected chi connectivity index (χ2v) is 3.99. The zero-order valence-corrected chi connectivity index (χ0v) is 9.95. The molecule has 0 aliphatic carbocycles. The number of esters is 1. The average molecular weight is 220 g/mol. The van der Waals surface area contributed by atoms with Gasteiger partial charge >= 0.3 is 5.97 Å². The van der Waals surface area contributed by atoms with Crippen LogP contribution < -0.4 is 0 Å². The van der Waals surface area contributed by atoms with Crippen LogP contribution in [0.3, 0.4) is 0 Å². The van der Waals surface area contributed by atoms with Gasteiger partial charge in [-0.1, -0.05) is 43.2 Å². The third-order valence-electron chi connectivity index (χ3n) is 2.51. The van der Waals surface area contributed by atoms with Gasteiger partial charge in [0.05, 0.1) is 6.61 Å². The van der Waals surface area contributed by atoms with Gasteiger partial charge < -0.3 is 4.74 Å². The van der Waals surface area contributed by atoms with E-state index in [9.17, 15) is 4.79 Å². The summed E-state index contributed by atoms with van der Waals surface area (Å²) < 4.78 is 4.87. The smallest absolute Gasteiger partial charge is 0.302 e. The van der Waals surface area contributed by atoms with Crippen molar-refractivity contribution < 1.29 is 9.53 Å². The quantitative estimate of drug-likeness (QED) is 0.520. The molecule has 16 heavy (non-hydrogen) atoms. The minimum atomic E-state index is -0.177. The maximum Gasteiger partial charge on any atom is 0.302 e. The van der Waals surface area contributed by atoms with E-state index >= 15 is 0 Å². The fourth-order valence-corrected chi connectivity index (χ4v) is 1.65. The van der Waals surface area contributed by atoms with E-state index in [1.807, 2.05) is 6.07 Å². The van der Waals surface area contributed by atoms with Crippen LogP contribution in [0.2, 0.25) is 0 Å². The Kier molecular flexibility index (Phi) is 6.31. The van der Waals surface area contributed by atoms with Crippen molar-refractivity contribution in [2.45, 2.75) is 39.0 Å². The van der Waals surface area contributed by atoms with Crippen LogP contribution in [0.1, 0.15) is 38.2 Å². The lowest BCUT2D eigenvalue weighted by Gasteiger charge is -2.02. The Bertz CT molecular complexity index is 293. The number of rotatable bonds is 7. The second-order valence-electron chi connectivity index (χ2n) is 3.99. The molecule has 0 heterocycles. The van der Waals surface area contributed by atoms with Crippen molar-refractivity contribution in [2.75, 3.05) is 6.61 Å². The molecule has 0 aliphatic heterocycles. The first-order valence-electron chi connectivity index (χ1n) is 5.96. The number of carbonyl (C=O) groups is 1. The number of hydrogen-bond donors (Lipinski definition) is 0. The van der Waals surface area contributed by atoms with E-state index in [0.717, 1.165) is 19.3 Å². The van der Waals surface area contributed by atoms with E-state index in [-0.39, 0.29) is 5.97 Å². The summed E-state index contributed by atoms with van der Waals surface area (Å²) in [6, 6.07) is 10.5. The average Bonchev–Trinajstić information content (AvgIpc) is 2.29. The number of aryl methyl sites for hydroxylation is 1. The first-order valence-corrected chi connectivity index (χ1v) is 5.96. The van der Waals surface area contributed by atoms with Crippen LogP contribution in [-0.4, -0.2) is 12.6 Å². The van der Waals surface area contributed by atoms with Crippen molar-refractivity contribution in [3.05, 3.63) is 35.9 Å². The van der Waals surface area contributed by atoms with Gasteiger partial charge in [0.1, 0.15) is 0 Å². The largest absolute Gasteiger partial charge is 0.466 e. The van der Waals surface area contributed by atoms with Gasteiger partial charge in [-0.15, -0.1) is 0 Å². The van der Waals surface area contributed by atoms with Gasteiger partial charge in [0.15, 0.2) is 0 Å². The lowest BCUT2D eigenvalue weighted by molar-refractivity contribution is -0.141. The van der Waals surface area contributed by atoms with Crippen LogP contribution in [0, 0.1) is 0 Å². The molecule has 1 aromatic carbocycles. The molecule has 0 radical (unpaired) electrons. The minimum absolute atomic E-state index is 0.177. The summed E-state index contributed by atoms with van der Waals surface area (Å²) in [4.78, 5) is 10.5. The molecule has 2 nitrogen and oxygen atoms in total. The Morgan fingerprint density at radius 2 is 1.75 bits per heavy atom. The SMILES string of the molecule is CC(=O)OCCCCCCc1ccccc1. The Labute approximate surface area is 97.6 Å². The lowest BCUT2D eigenvalue weighted by atomic mass is 10.1. The zero-order valence-electron chi connectivity index (χ0n) is 9.95. The Balaban J connectivity index is 1.94. The third kappa shape index (κ3) is 6.23.